The van der Waals surface area contributed by atoms with E-state index in [4.69, 9.17) is 11.6 Å². The number of hydrogen-bond acceptors (Lipinski definition) is 4. The van der Waals surface area contributed by atoms with Crippen LogP contribution in [0.15, 0.2) is 60.9 Å². The van der Waals surface area contributed by atoms with E-state index in [0.717, 1.165) is 12.1 Å². The Morgan fingerprint density at radius 2 is 1.69 bits per heavy atom. The van der Waals surface area contributed by atoms with Crippen LogP contribution in [0.3, 0.4) is 0 Å². The smallest absolute Gasteiger partial charge is 0.257 e. The summed E-state index contributed by atoms with van der Waals surface area (Å²) in [6.07, 6.45) is 3.97. The molecular formula is C20H17ClN4O. The number of para-hydroxylation sites is 1. The molecule has 0 unspecified atom stereocenters. The average Bonchev–Trinajstić information content (AvgIpc) is 2.69. The second-order valence-electron chi connectivity index (χ2n) is 6.15. The summed E-state index contributed by atoms with van der Waals surface area (Å²) in [5.74, 6) is 0.349. The predicted octanol–water partition coefficient (Wildman–Crippen LogP) is 4.07. The number of amides is 1. The van der Waals surface area contributed by atoms with Crippen molar-refractivity contribution < 1.29 is 4.79 Å². The maximum atomic E-state index is 12.7. The number of carbonyl (C=O) groups is 1. The van der Waals surface area contributed by atoms with Gasteiger partial charge in [-0.1, -0.05) is 48.0 Å². The first kappa shape index (κ1) is 16.5. The number of hydrogen-bond donors (Lipinski definition) is 1. The molecule has 0 fully saturated rings. The zero-order valence-corrected chi connectivity index (χ0v) is 14.8. The summed E-state index contributed by atoms with van der Waals surface area (Å²) in [5, 5.41) is 3.64. The molecule has 5 nitrogen and oxygen atoms in total. The van der Waals surface area contributed by atoms with E-state index in [-0.39, 0.29) is 5.91 Å². The van der Waals surface area contributed by atoms with Gasteiger partial charge in [0.2, 0.25) is 5.95 Å². The van der Waals surface area contributed by atoms with Crippen molar-refractivity contribution in [2.24, 2.45) is 0 Å². The molecule has 1 amide bonds. The number of nitrogens with zero attached hydrogens (tertiary/aromatic N) is 3. The number of halogens is 1. The third kappa shape index (κ3) is 3.39. The molecule has 130 valence electrons. The number of rotatable bonds is 3. The van der Waals surface area contributed by atoms with Gasteiger partial charge >= 0.3 is 0 Å². The Labute approximate surface area is 156 Å². The highest BCUT2D eigenvalue weighted by Crippen LogP contribution is 2.23. The van der Waals surface area contributed by atoms with Gasteiger partial charge in [-0.25, -0.2) is 9.97 Å². The molecule has 0 saturated carbocycles. The van der Waals surface area contributed by atoms with Gasteiger partial charge in [-0.2, -0.15) is 0 Å². The summed E-state index contributed by atoms with van der Waals surface area (Å²) in [6.45, 7) is 1.32. The average molecular weight is 365 g/mol. The molecule has 1 aliphatic heterocycles. The van der Waals surface area contributed by atoms with E-state index in [1.807, 2.05) is 35.2 Å². The molecule has 26 heavy (non-hydrogen) atoms. The van der Waals surface area contributed by atoms with Crippen molar-refractivity contribution in [1.29, 1.82) is 0 Å². The van der Waals surface area contributed by atoms with Crippen molar-refractivity contribution in [1.82, 2.24) is 14.9 Å². The molecular weight excluding hydrogens is 348 g/mol. The van der Waals surface area contributed by atoms with Gasteiger partial charge in [-0.05, 0) is 29.7 Å². The zero-order valence-electron chi connectivity index (χ0n) is 14.0. The summed E-state index contributed by atoms with van der Waals surface area (Å²) in [7, 11) is 0. The SMILES string of the molecule is O=C(c1cnc(Nc2ccccc2Cl)nc1)N1CCc2ccccc2C1. The third-order valence-corrected chi connectivity index (χ3v) is 4.77. The molecule has 1 aliphatic rings. The fourth-order valence-corrected chi connectivity index (χ4v) is 3.22. The molecule has 0 aliphatic carbocycles. The lowest BCUT2D eigenvalue weighted by atomic mass is 9.99. The van der Waals surface area contributed by atoms with Crippen LogP contribution >= 0.6 is 11.6 Å². The van der Waals surface area contributed by atoms with Gasteiger partial charge < -0.3 is 10.2 Å². The Balaban J connectivity index is 1.47. The number of benzene rings is 2. The summed E-state index contributed by atoms with van der Waals surface area (Å²) < 4.78 is 0. The molecule has 0 saturated heterocycles. The molecule has 0 bridgehead atoms. The molecule has 4 rings (SSSR count). The molecule has 1 N–H and O–H groups in total. The molecule has 1 aromatic heterocycles. The monoisotopic (exact) mass is 364 g/mol. The minimum Gasteiger partial charge on any atom is -0.334 e. The molecule has 2 aromatic carbocycles. The summed E-state index contributed by atoms with van der Waals surface area (Å²) in [6, 6.07) is 15.6. The van der Waals surface area contributed by atoms with Crippen molar-refractivity contribution in [2.75, 3.05) is 11.9 Å². The Hall–Kier alpha value is -2.92. The highest BCUT2D eigenvalue weighted by molar-refractivity contribution is 6.33. The first-order chi connectivity index (χ1) is 12.7. The molecule has 2 heterocycles. The van der Waals surface area contributed by atoms with Gasteiger partial charge in [-0.3, -0.25) is 4.79 Å². The Bertz CT molecular complexity index is 943. The largest absolute Gasteiger partial charge is 0.334 e. The van der Waals surface area contributed by atoms with Crippen LogP contribution in [0.4, 0.5) is 11.6 Å². The number of aromatic nitrogens is 2. The lowest BCUT2D eigenvalue weighted by Gasteiger charge is -2.28. The predicted molar refractivity (Wildman–Crippen MR) is 102 cm³/mol. The van der Waals surface area contributed by atoms with Crippen molar-refractivity contribution in [3.63, 3.8) is 0 Å². The van der Waals surface area contributed by atoms with Crippen LogP contribution in [0, 0.1) is 0 Å². The van der Waals surface area contributed by atoms with E-state index in [1.54, 1.807) is 18.5 Å². The van der Waals surface area contributed by atoms with Gasteiger partial charge in [0.05, 0.1) is 16.3 Å². The minimum atomic E-state index is -0.0520. The highest BCUT2D eigenvalue weighted by atomic mass is 35.5. The van der Waals surface area contributed by atoms with Crippen molar-refractivity contribution in [3.8, 4) is 0 Å². The van der Waals surface area contributed by atoms with E-state index in [1.165, 1.54) is 11.1 Å². The summed E-state index contributed by atoms with van der Waals surface area (Å²) in [5.41, 5.74) is 3.71. The van der Waals surface area contributed by atoms with E-state index < -0.39 is 0 Å². The topological polar surface area (TPSA) is 58.1 Å². The third-order valence-electron chi connectivity index (χ3n) is 4.44. The fraction of sp³-hybridized carbons (Fsp3) is 0.150. The van der Waals surface area contributed by atoms with E-state index in [2.05, 4.69) is 27.4 Å². The maximum absolute atomic E-state index is 12.7. The Morgan fingerprint density at radius 3 is 2.46 bits per heavy atom. The van der Waals surface area contributed by atoms with E-state index >= 15 is 0 Å². The van der Waals surface area contributed by atoms with Crippen LogP contribution < -0.4 is 5.32 Å². The number of anilines is 2. The number of carbonyl (C=O) groups excluding carboxylic acids is 1. The van der Waals surface area contributed by atoms with Gasteiger partial charge in [-0.15, -0.1) is 0 Å². The first-order valence-electron chi connectivity index (χ1n) is 8.40. The fourth-order valence-electron chi connectivity index (χ4n) is 3.04. The molecule has 6 heteroatoms. The van der Waals surface area contributed by atoms with E-state index in [0.29, 0.717) is 29.6 Å². The number of fused-ring (bicyclic) bond motifs is 1. The van der Waals surface area contributed by atoms with Crippen LogP contribution in [0.5, 0.6) is 0 Å². The molecule has 3 aromatic rings. The Kier molecular flexibility index (Phi) is 4.54. The quantitative estimate of drug-likeness (QED) is 0.761. The lowest BCUT2D eigenvalue weighted by Crippen LogP contribution is -2.36. The van der Waals surface area contributed by atoms with Gasteiger partial charge in [0.15, 0.2) is 0 Å². The zero-order chi connectivity index (χ0) is 17.9. The lowest BCUT2D eigenvalue weighted by molar-refractivity contribution is 0.0734. The van der Waals surface area contributed by atoms with Gasteiger partial charge in [0, 0.05) is 25.5 Å². The van der Waals surface area contributed by atoms with Crippen LogP contribution in [0.2, 0.25) is 5.02 Å². The Morgan fingerprint density at radius 1 is 1.00 bits per heavy atom. The molecule has 0 spiro atoms. The molecule has 0 radical (unpaired) electrons. The molecule has 0 atom stereocenters. The number of nitrogens with one attached hydrogen (secondary N) is 1. The van der Waals surface area contributed by atoms with Crippen molar-refractivity contribution >= 4 is 29.1 Å². The normalized spacial score (nSPS) is 13.2. The second-order valence-corrected chi connectivity index (χ2v) is 6.55. The first-order valence-corrected chi connectivity index (χ1v) is 8.78. The minimum absolute atomic E-state index is 0.0520. The standard InChI is InChI=1S/C20H17ClN4O/c21-17-7-3-4-8-18(17)24-20-22-11-16(12-23-20)19(26)25-10-9-14-5-1-2-6-15(14)13-25/h1-8,11-12H,9-10,13H2,(H,22,23,24). The van der Waals surface area contributed by atoms with Crippen LogP contribution in [-0.2, 0) is 13.0 Å². The van der Waals surface area contributed by atoms with Gasteiger partial charge in [0.1, 0.15) is 0 Å². The van der Waals surface area contributed by atoms with Crippen LogP contribution in [0.25, 0.3) is 0 Å². The highest BCUT2D eigenvalue weighted by Gasteiger charge is 2.22. The van der Waals surface area contributed by atoms with Crippen LogP contribution in [-0.4, -0.2) is 27.3 Å². The van der Waals surface area contributed by atoms with Crippen LogP contribution in [0.1, 0.15) is 21.5 Å². The maximum Gasteiger partial charge on any atom is 0.257 e. The summed E-state index contributed by atoms with van der Waals surface area (Å²) in [4.78, 5) is 23.1. The summed E-state index contributed by atoms with van der Waals surface area (Å²) >= 11 is 6.12. The van der Waals surface area contributed by atoms with Crippen molar-refractivity contribution in [3.05, 3.63) is 82.6 Å². The van der Waals surface area contributed by atoms with Crippen molar-refractivity contribution in [2.45, 2.75) is 13.0 Å². The van der Waals surface area contributed by atoms with E-state index in [9.17, 15) is 4.79 Å². The van der Waals surface area contributed by atoms with Gasteiger partial charge in [0.25, 0.3) is 5.91 Å². The second kappa shape index (κ2) is 7.14.